The maximum Gasteiger partial charge on any atom is 0.337 e. The number of hydrogen-bond acceptors (Lipinski definition) is 6. The molecule has 0 heterocycles. The van der Waals surface area contributed by atoms with Crippen LogP contribution in [0.5, 0.6) is 11.5 Å². The second kappa shape index (κ2) is 11.9. The summed E-state index contributed by atoms with van der Waals surface area (Å²) in [5.41, 5.74) is 3.40. The largest absolute Gasteiger partial charge is 0.493 e. The SMILES string of the molecule is COC(=O)c1ccc(NC(=O)/C(C#N)=C/c2cc(OC)c(OCc3cccc(C)c3)cc2Br)cc1. The predicted molar refractivity (Wildman–Crippen MR) is 136 cm³/mol. The van der Waals surface area contributed by atoms with Crippen LogP contribution in [0.25, 0.3) is 6.08 Å². The molecule has 0 radical (unpaired) electrons. The number of ether oxygens (including phenoxy) is 3. The van der Waals surface area contributed by atoms with Crippen LogP contribution in [0.4, 0.5) is 5.69 Å². The van der Waals surface area contributed by atoms with Crippen molar-refractivity contribution >= 4 is 39.6 Å². The van der Waals surface area contributed by atoms with Gasteiger partial charge < -0.3 is 19.5 Å². The number of amides is 1. The fourth-order valence-electron chi connectivity index (χ4n) is 3.21. The van der Waals surface area contributed by atoms with Gasteiger partial charge in [0.15, 0.2) is 11.5 Å². The third-order valence-electron chi connectivity index (χ3n) is 4.99. The number of rotatable bonds is 8. The van der Waals surface area contributed by atoms with E-state index in [1.165, 1.54) is 32.4 Å². The molecule has 1 amide bonds. The molecule has 0 fully saturated rings. The monoisotopic (exact) mass is 534 g/mol. The average molecular weight is 535 g/mol. The first-order chi connectivity index (χ1) is 16.8. The Balaban J connectivity index is 1.78. The molecule has 3 aromatic rings. The van der Waals surface area contributed by atoms with Gasteiger partial charge in [0.1, 0.15) is 18.2 Å². The zero-order valence-electron chi connectivity index (χ0n) is 19.4. The fourth-order valence-corrected chi connectivity index (χ4v) is 3.64. The molecule has 0 bridgehead atoms. The topological polar surface area (TPSA) is 97.7 Å². The Morgan fingerprint density at radius 3 is 2.43 bits per heavy atom. The molecule has 35 heavy (non-hydrogen) atoms. The molecule has 3 aromatic carbocycles. The first-order valence-electron chi connectivity index (χ1n) is 10.5. The van der Waals surface area contributed by atoms with Crippen molar-refractivity contribution in [2.24, 2.45) is 0 Å². The van der Waals surface area contributed by atoms with Gasteiger partial charge in [-0.25, -0.2) is 4.79 Å². The maximum absolute atomic E-state index is 12.7. The zero-order valence-corrected chi connectivity index (χ0v) is 21.0. The molecule has 0 saturated carbocycles. The van der Waals surface area contributed by atoms with Crippen molar-refractivity contribution in [3.05, 3.63) is 93.0 Å². The minimum absolute atomic E-state index is 0.113. The number of anilines is 1. The van der Waals surface area contributed by atoms with Gasteiger partial charge in [-0.2, -0.15) is 5.26 Å². The lowest BCUT2D eigenvalue weighted by Crippen LogP contribution is -2.13. The summed E-state index contributed by atoms with van der Waals surface area (Å²) >= 11 is 3.49. The molecular formula is C27H23BrN2O5. The molecule has 3 rings (SSSR count). The number of halogens is 1. The van der Waals surface area contributed by atoms with Crippen LogP contribution in [-0.2, 0) is 16.1 Å². The lowest BCUT2D eigenvalue weighted by atomic mass is 10.1. The second-order valence-corrected chi connectivity index (χ2v) is 8.35. The Hall–Kier alpha value is -4.09. The standard InChI is InChI=1S/C27H23BrN2O5/c1-17-5-4-6-18(11-17)16-35-25-14-23(28)20(13-24(25)33-2)12-21(15-29)26(31)30-22-9-7-19(8-10-22)27(32)34-3/h4-14H,16H2,1-3H3,(H,30,31)/b21-12+. The predicted octanol–water partition coefficient (Wildman–Crippen LogP) is 5.68. The normalized spacial score (nSPS) is 10.8. The van der Waals surface area contributed by atoms with Crippen molar-refractivity contribution in [3.8, 4) is 17.6 Å². The van der Waals surface area contributed by atoms with Crippen molar-refractivity contribution in [2.75, 3.05) is 19.5 Å². The van der Waals surface area contributed by atoms with E-state index in [0.717, 1.165) is 11.1 Å². The lowest BCUT2D eigenvalue weighted by molar-refractivity contribution is -0.112. The van der Waals surface area contributed by atoms with E-state index in [2.05, 4.69) is 26.0 Å². The number of nitrogens with zero attached hydrogens (tertiary/aromatic N) is 1. The van der Waals surface area contributed by atoms with E-state index >= 15 is 0 Å². The first kappa shape index (κ1) is 25.5. The summed E-state index contributed by atoms with van der Waals surface area (Å²) in [6, 6.07) is 19.5. The smallest absolute Gasteiger partial charge is 0.337 e. The van der Waals surface area contributed by atoms with E-state index in [-0.39, 0.29) is 5.57 Å². The molecule has 0 unspecified atom stereocenters. The van der Waals surface area contributed by atoms with Crippen molar-refractivity contribution in [2.45, 2.75) is 13.5 Å². The number of aryl methyl sites for hydroxylation is 1. The fraction of sp³-hybridized carbons (Fsp3) is 0.148. The minimum atomic E-state index is -0.594. The van der Waals surface area contributed by atoms with Crippen molar-refractivity contribution in [3.63, 3.8) is 0 Å². The molecular weight excluding hydrogens is 512 g/mol. The lowest BCUT2D eigenvalue weighted by Gasteiger charge is -2.13. The summed E-state index contributed by atoms with van der Waals surface area (Å²) in [6.45, 7) is 2.38. The van der Waals surface area contributed by atoms with Crippen molar-refractivity contribution < 1.29 is 23.8 Å². The third-order valence-corrected chi connectivity index (χ3v) is 5.68. The van der Waals surface area contributed by atoms with Crippen LogP contribution in [0.3, 0.4) is 0 Å². The second-order valence-electron chi connectivity index (χ2n) is 7.50. The maximum atomic E-state index is 12.7. The third kappa shape index (κ3) is 6.71. The summed E-state index contributed by atoms with van der Waals surface area (Å²) in [5, 5.41) is 12.2. The highest BCUT2D eigenvalue weighted by Gasteiger charge is 2.14. The van der Waals surface area contributed by atoms with Gasteiger partial charge >= 0.3 is 5.97 Å². The summed E-state index contributed by atoms with van der Waals surface area (Å²) in [6.07, 6.45) is 1.45. The van der Waals surface area contributed by atoms with Gasteiger partial charge in [0, 0.05) is 10.2 Å². The van der Waals surface area contributed by atoms with Gasteiger partial charge in [-0.15, -0.1) is 0 Å². The molecule has 0 aliphatic heterocycles. The highest BCUT2D eigenvalue weighted by molar-refractivity contribution is 9.10. The molecule has 0 saturated heterocycles. The summed E-state index contributed by atoms with van der Waals surface area (Å²) in [7, 11) is 2.81. The molecule has 0 aliphatic rings. The van der Waals surface area contributed by atoms with Crippen LogP contribution in [0, 0.1) is 18.3 Å². The first-order valence-corrected chi connectivity index (χ1v) is 11.3. The summed E-state index contributed by atoms with van der Waals surface area (Å²) in [4.78, 5) is 24.2. The van der Waals surface area contributed by atoms with Gasteiger partial charge in [0.25, 0.3) is 5.91 Å². The van der Waals surface area contributed by atoms with Crippen molar-refractivity contribution in [1.29, 1.82) is 5.26 Å². The Kier molecular flexibility index (Phi) is 8.65. The van der Waals surface area contributed by atoms with E-state index < -0.39 is 11.9 Å². The summed E-state index contributed by atoms with van der Waals surface area (Å²) in [5.74, 6) is -0.0931. The quantitative estimate of drug-likeness (QED) is 0.227. The number of hydrogen-bond donors (Lipinski definition) is 1. The van der Waals surface area contributed by atoms with Crippen LogP contribution in [-0.4, -0.2) is 26.1 Å². The number of benzene rings is 3. The van der Waals surface area contributed by atoms with Crippen LogP contribution in [0.2, 0.25) is 0 Å². The molecule has 8 heteroatoms. The van der Waals surface area contributed by atoms with E-state index in [1.54, 1.807) is 24.3 Å². The highest BCUT2D eigenvalue weighted by atomic mass is 79.9. The van der Waals surface area contributed by atoms with Gasteiger partial charge in [-0.1, -0.05) is 45.8 Å². The minimum Gasteiger partial charge on any atom is -0.493 e. The molecule has 0 spiro atoms. The Labute approximate surface area is 212 Å². The van der Waals surface area contributed by atoms with Gasteiger partial charge in [0.05, 0.1) is 19.8 Å². The van der Waals surface area contributed by atoms with Gasteiger partial charge in [-0.05, 0) is 60.5 Å². The molecule has 1 N–H and O–H groups in total. The van der Waals surface area contributed by atoms with E-state index in [9.17, 15) is 14.9 Å². The van der Waals surface area contributed by atoms with Crippen LogP contribution in [0.1, 0.15) is 27.0 Å². The number of carbonyl (C=O) groups is 2. The highest BCUT2D eigenvalue weighted by Crippen LogP contribution is 2.35. The van der Waals surface area contributed by atoms with E-state index in [0.29, 0.717) is 39.4 Å². The molecule has 178 valence electrons. The molecule has 0 aromatic heterocycles. The number of nitriles is 1. The van der Waals surface area contributed by atoms with E-state index in [1.807, 2.05) is 37.3 Å². The number of methoxy groups -OCH3 is 2. The van der Waals surface area contributed by atoms with Crippen LogP contribution in [0.15, 0.2) is 70.7 Å². The zero-order chi connectivity index (χ0) is 25.4. The molecule has 0 aliphatic carbocycles. The van der Waals surface area contributed by atoms with Crippen LogP contribution >= 0.6 is 15.9 Å². The Bertz CT molecular complexity index is 1310. The van der Waals surface area contributed by atoms with E-state index in [4.69, 9.17) is 9.47 Å². The Morgan fingerprint density at radius 2 is 1.80 bits per heavy atom. The Morgan fingerprint density at radius 1 is 1.06 bits per heavy atom. The van der Waals surface area contributed by atoms with Gasteiger partial charge in [0.2, 0.25) is 0 Å². The summed E-state index contributed by atoms with van der Waals surface area (Å²) < 4.78 is 16.7. The number of carbonyl (C=O) groups excluding carboxylic acids is 2. The van der Waals surface area contributed by atoms with Gasteiger partial charge in [-0.3, -0.25) is 4.79 Å². The van der Waals surface area contributed by atoms with Crippen molar-refractivity contribution in [1.82, 2.24) is 0 Å². The molecule has 7 nitrogen and oxygen atoms in total. The number of nitrogens with one attached hydrogen (secondary N) is 1. The van der Waals surface area contributed by atoms with Crippen LogP contribution < -0.4 is 14.8 Å². The molecule has 0 atom stereocenters. The number of esters is 1. The average Bonchev–Trinajstić information content (AvgIpc) is 2.86.